The summed E-state index contributed by atoms with van der Waals surface area (Å²) in [5, 5.41) is 23.1. The Kier molecular flexibility index (Phi) is 4.69. The highest BCUT2D eigenvalue weighted by atomic mass is 32.1. The number of aliphatic hydroxyl groups is 1. The third-order valence-corrected chi connectivity index (χ3v) is 5.43. The molecule has 4 rings (SSSR count). The second kappa shape index (κ2) is 7.28. The maximum absolute atomic E-state index is 10.1. The molecule has 132 valence electrons. The average molecular weight is 366 g/mol. The van der Waals surface area contributed by atoms with Crippen molar-refractivity contribution in [3.63, 3.8) is 0 Å². The Hall–Kier alpha value is -2.69. The van der Waals surface area contributed by atoms with Crippen molar-refractivity contribution in [2.45, 2.75) is 37.8 Å². The minimum absolute atomic E-state index is 0.0738. The van der Waals surface area contributed by atoms with E-state index in [1.807, 2.05) is 24.3 Å². The molecule has 6 nitrogen and oxygen atoms in total. The van der Waals surface area contributed by atoms with E-state index in [2.05, 4.69) is 15.3 Å². The van der Waals surface area contributed by atoms with E-state index in [1.165, 1.54) is 6.20 Å². The van der Waals surface area contributed by atoms with Crippen molar-refractivity contribution in [2.24, 2.45) is 0 Å². The summed E-state index contributed by atoms with van der Waals surface area (Å²) in [7, 11) is 0. The molecule has 1 fully saturated rings. The molecule has 0 aliphatic heterocycles. The van der Waals surface area contributed by atoms with Crippen LogP contribution in [-0.4, -0.2) is 27.2 Å². The maximum atomic E-state index is 10.1. The van der Waals surface area contributed by atoms with Gasteiger partial charge in [0, 0.05) is 6.07 Å². The predicted molar refractivity (Wildman–Crippen MR) is 101 cm³/mol. The summed E-state index contributed by atoms with van der Waals surface area (Å²) in [5.74, 6) is 1.27. The molecule has 1 saturated carbocycles. The zero-order valence-corrected chi connectivity index (χ0v) is 14.9. The highest BCUT2D eigenvalue weighted by Crippen LogP contribution is 2.32. The van der Waals surface area contributed by atoms with Crippen molar-refractivity contribution in [2.75, 3.05) is 5.32 Å². The first-order valence-corrected chi connectivity index (χ1v) is 9.42. The van der Waals surface area contributed by atoms with Crippen molar-refractivity contribution in [3.05, 3.63) is 42.2 Å². The zero-order valence-electron chi connectivity index (χ0n) is 14.1. The summed E-state index contributed by atoms with van der Waals surface area (Å²) >= 11 is 1.55. The Morgan fingerprint density at radius 2 is 2.04 bits per heavy atom. The van der Waals surface area contributed by atoms with Gasteiger partial charge in [-0.25, -0.2) is 9.97 Å². The van der Waals surface area contributed by atoms with Gasteiger partial charge in [-0.15, -0.1) is 0 Å². The van der Waals surface area contributed by atoms with Crippen LogP contribution >= 0.6 is 11.3 Å². The van der Waals surface area contributed by atoms with E-state index >= 15 is 0 Å². The minimum Gasteiger partial charge on any atom is -0.456 e. The van der Waals surface area contributed by atoms with Gasteiger partial charge in [0.2, 0.25) is 0 Å². The lowest BCUT2D eigenvalue weighted by Crippen LogP contribution is -2.36. The molecule has 1 aliphatic carbocycles. The minimum atomic E-state index is -0.307. The van der Waals surface area contributed by atoms with Crippen LogP contribution in [0, 0.1) is 11.3 Å². The van der Waals surface area contributed by atoms with Crippen LogP contribution in [0.3, 0.4) is 0 Å². The second-order valence-electron chi connectivity index (χ2n) is 6.34. The Balaban J connectivity index is 1.50. The molecular formula is C19H18N4O2S. The molecule has 3 aromatic rings. The van der Waals surface area contributed by atoms with E-state index in [-0.39, 0.29) is 12.1 Å². The molecule has 2 atom stereocenters. The van der Waals surface area contributed by atoms with E-state index in [0.717, 1.165) is 41.0 Å². The maximum Gasteiger partial charge on any atom is 0.184 e. The fourth-order valence-electron chi connectivity index (χ4n) is 3.11. The second-order valence-corrected chi connectivity index (χ2v) is 7.37. The van der Waals surface area contributed by atoms with E-state index in [4.69, 9.17) is 10.00 Å². The molecule has 2 aromatic heterocycles. The Morgan fingerprint density at radius 1 is 1.19 bits per heavy atom. The van der Waals surface area contributed by atoms with Crippen molar-refractivity contribution in [1.29, 1.82) is 5.26 Å². The highest BCUT2D eigenvalue weighted by molar-refractivity contribution is 7.22. The molecule has 7 heteroatoms. The van der Waals surface area contributed by atoms with Crippen LogP contribution in [-0.2, 0) is 0 Å². The third kappa shape index (κ3) is 3.62. The van der Waals surface area contributed by atoms with Crippen LogP contribution in [0.25, 0.3) is 10.2 Å². The molecule has 1 aliphatic rings. The standard InChI is InChI=1S/C19H18N4O2S/c20-10-12-5-6-14(11-21-12)25-13-7-8-16-18(9-13)26-19(23-16)22-15-3-1-2-4-17(15)24/h5-9,11,15,17,24H,1-4H2,(H,22,23)/t15-,17-/m1/s1. The van der Waals surface area contributed by atoms with E-state index in [1.54, 1.807) is 23.5 Å². The van der Waals surface area contributed by atoms with Crippen LogP contribution < -0.4 is 10.1 Å². The summed E-state index contributed by atoms with van der Waals surface area (Å²) in [5.41, 5.74) is 1.25. The van der Waals surface area contributed by atoms with Gasteiger partial charge in [0.25, 0.3) is 0 Å². The van der Waals surface area contributed by atoms with Gasteiger partial charge in [0.15, 0.2) is 5.13 Å². The number of pyridine rings is 1. The number of nitrogens with zero attached hydrogens (tertiary/aromatic N) is 3. The number of hydrogen-bond donors (Lipinski definition) is 2. The molecule has 1 aromatic carbocycles. The predicted octanol–water partition coefficient (Wildman–Crippen LogP) is 4.07. The first-order valence-electron chi connectivity index (χ1n) is 8.60. The third-order valence-electron chi connectivity index (χ3n) is 4.48. The first-order chi connectivity index (χ1) is 12.7. The zero-order chi connectivity index (χ0) is 17.9. The van der Waals surface area contributed by atoms with Crippen molar-refractivity contribution < 1.29 is 9.84 Å². The normalized spacial score (nSPS) is 19.8. The summed E-state index contributed by atoms with van der Waals surface area (Å²) in [6.07, 6.45) is 5.27. The largest absolute Gasteiger partial charge is 0.456 e. The van der Waals surface area contributed by atoms with Gasteiger partial charge in [-0.1, -0.05) is 24.2 Å². The lowest BCUT2D eigenvalue weighted by Gasteiger charge is -2.27. The average Bonchev–Trinajstić information content (AvgIpc) is 3.06. The number of thiazole rings is 1. The van der Waals surface area contributed by atoms with E-state index < -0.39 is 0 Å². The van der Waals surface area contributed by atoms with Crippen LogP contribution in [0.2, 0.25) is 0 Å². The van der Waals surface area contributed by atoms with Gasteiger partial charge in [-0.2, -0.15) is 5.26 Å². The number of anilines is 1. The molecule has 0 unspecified atom stereocenters. The topological polar surface area (TPSA) is 91.1 Å². The van der Waals surface area contributed by atoms with Gasteiger partial charge in [0.05, 0.1) is 28.6 Å². The summed E-state index contributed by atoms with van der Waals surface area (Å²) in [6, 6.07) is 11.1. The molecule has 26 heavy (non-hydrogen) atoms. The fourth-order valence-corrected chi connectivity index (χ4v) is 4.07. The van der Waals surface area contributed by atoms with E-state index in [9.17, 15) is 5.11 Å². The number of fused-ring (bicyclic) bond motifs is 1. The van der Waals surface area contributed by atoms with Crippen LogP contribution in [0.1, 0.15) is 31.4 Å². The summed E-state index contributed by atoms with van der Waals surface area (Å²) in [4.78, 5) is 8.61. The highest BCUT2D eigenvalue weighted by Gasteiger charge is 2.23. The molecule has 2 N–H and O–H groups in total. The SMILES string of the molecule is N#Cc1ccc(Oc2ccc3nc(N[C@@H]4CCCC[C@H]4O)sc3c2)cn1. The van der Waals surface area contributed by atoms with Crippen molar-refractivity contribution in [1.82, 2.24) is 9.97 Å². The van der Waals surface area contributed by atoms with Crippen molar-refractivity contribution in [3.8, 4) is 17.6 Å². The molecule has 0 amide bonds. The number of benzene rings is 1. The molecular weight excluding hydrogens is 348 g/mol. The smallest absolute Gasteiger partial charge is 0.184 e. The van der Waals surface area contributed by atoms with Gasteiger partial charge in [0.1, 0.15) is 23.3 Å². The lowest BCUT2D eigenvalue weighted by atomic mass is 9.93. The number of ether oxygens (including phenoxy) is 1. The monoisotopic (exact) mass is 366 g/mol. The Labute approximate surface area is 155 Å². The van der Waals surface area contributed by atoms with E-state index in [0.29, 0.717) is 17.2 Å². The van der Waals surface area contributed by atoms with Crippen molar-refractivity contribution >= 4 is 26.7 Å². The van der Waals surface area contributed by atoms with Crippen LogP contribution in [0.15, 0.2) is 36.5 Å². The number of rotatable bonds is 4. The number of hydrogen-bond acceptors (Lipinski definition) is 7. The van der Waals surface area contributed by atoms with Gasteiger partial charge >= 0.3 is 0 Å². The summed E-state index contributed by atoms with van der Waals surface area (Å²) in [6.45, 7) is 0. The van der Waals surface area contributed by atoms with Crippen LogP contribution in [0.5, 0.6) is 11.5 Å². The number of aliphatic hydroxyl groups excluding tert-OH is 1. The molecule has 0 bridgehead atoms. The van der Waals surface area contributed by atoms with Gasteiger partial charge in [-0.3, -0.25) is 0 Å². The Morgan fingerprint density at radius 3 is 2.81 bits per heavy atom. The molecule has 0 radical (unpaired) electrons. The molecule has 0 saturated heterocycles. The number of nitriles is 1. The summed E-state index contributed by atoms with van der Waals surface area (Å²) < 4.78 is 6.82. The fraction of sp³-hybridized carbons (Fsp3) is 0.316. The van der Waals surface area contributed by atoms with Crippen LogP contribution in [0.4, 0.5) is 5.13 Å². The molecule has 0 spiro atoms. The Bertz CT molecular complexity index is 948. The quantitative estimate of drug-likeness (QED) is 0.723. The van der Waals surface area contributed by atoms with Gasteiger partial charge in [-0.05, 0) is 37.1 Å². The first kappa shape index (κ1) is 16.8. The number of aromatic nitrogens is 2. The molecule has 2 heterocycles. The lowest BCUT2D eigenvalue weighted by molar-refractivity contribution is 0.116. The van der Waals surface area contributed by atoms with Gasteiger partial charge < -0.3 is 15.2 Å². The number of nitrogens with one attached hydrogen (secondary N) is 1.